The summed E-state index contributed by atoms with van der Waals surface area (Å²) < 4.78 is 84.2. The van der Waals surface area contributed by atoms with Crippen molar-refractivity contribution >= 4 is 48.6 Å². The summed E-state index contributed by atoms with van der Waals surface area (Å²) in [6, 6.07) is 17.5. The Morgan fingerprint density at radius 1 is 0.889 bits per heavy atom. The SMILES string of the molecule is O=S(=O)(NC[C@H]1CC[C@H](CNc2nc(NCCc3ccc(F)cc3)c3ccccc3n2)CC1)c1ccc(Br)cc1OC(F)(F)F. The van der Waals surface area contributed by atoms with Crippen molar-refractivity contribution in [1.82, 2.24) is 14.7 Å². The van der Waals surface area contributed by atoms with E-state index < -0.39 is 27.0 Å². The quantitative estimate of drug-likeness (QED) is 0.133. The number of nitrogens with one attached hydrogen (secondary N) is 3. The van der Waals surface area contributed by atoms with Gasteiger partial charge in [0, 0.05) is 29.5 Å². The van der Waals surface area contributed by atoms with Gasteiger partial charge >= 0.3 is 6.36 Å². The highest BCUT2D eigenvalue weighted by molar-refractivity contribution is 9.10. The van der Waals surface area contributed by atoms with Crippen LogP contribution in [0, 0.1) is 17.7 Å². The summed E-state index contributed by atoms with van der Waals surface area (Å²) in [5.74, 6) is 0.514. The first-order valence-corrected chi connectivity index (χ1v) is 16.8. The Labute approximate surface area is 267 Å². The maximum Gasteiger partial charge on any atom is 0.573 e. The third-order valence-electron chi connectivity index (χ3n) is 7.72. The van der Waals surface area contributed by atoms with E-state index in [4.69, 9.17) is 4.98 Å². The summed E-state index contributed by atoms with van der Waals surface area (Å²) in [6.45, 7) is 1.37. The normalized spacial score (nSPS) is 17.3. The second-order valence-corrected chi connectivity index (χ2v) is 13.6. The van der Waals surface area contributed by atoms with Crippen LogP contribution in [0.5, 0.6) is 5.75 Å². The predicted molar refractivity (Wildman–Crippen MR) is 168 cm³/mol. The van der Waals surface area contributed by atoms with Crippen molar-refractivity contribution in [3.8, 4) is 5.75 Å². The molecule has 3 N–H and O–H groups in total. The lowest BCUT2D eigenvalue weighted by Crippen LogP contribution is -2.33. The lowest BCUT2D eigenvalue weighted by Gasteiger charge is -2.29. The zero-order chi connectivity index (χ0) is 32.0. The average Bonchev–Trinajstić information content (AvgIpc) is 2.99. The minimum atomic E-state index is -5.03. The number of anilines is 2. The molecule has 0 amide bonds. The number of sulfonamides is 1. The highest BCUT2D eigenvalue weighted by Crippen LogP contribution is 2.33. The summed E-state index contributed by atoms with van der Waals surface area (Å²) in [7, 11) is -4.23. The summed E-state index contributed by atoms with van der Waals surface area (Å²) in [5.41, 5.74) is 1.81. The summed E-state index contributed by atoms with van der Waals surface area (Å²) in [5, 5.41) is 7.64. The van der Waals surface area contributed by atoms with E-state index in [-0.39, 0.29) is 22.8 Å². The molecule has 5 rings (SSSR count). The molecule has 240 valence electrons. The first-order chi connectivity index (χ1) is 21.4. The number of hydrogen-bond donors (Lipinski definition) is 3. The molecule has 0 radical (unpaired) electrons. The third-order valence-corrected chi connectivity index (χ3v) is 9.68. The van der Waals surface area contributed by atoms with E-state index in [9.17, 15) is 26.0 Å². The van der Waals surface area contributed by atoms with Gasteiger partial charge in [-0.05, 0) is 92.0 Å². The Morgan fingerprint density at radius 2 is 1.58 bits per heavy atom. The number of fused-ring (bicyclic) bond motifs is 1. The van der Waals surface area contributed by atoms with Gasteiger partial charge in [-0.1, -0.05) is 40.2 Å². The Bertz CT molecular complexity index is 1720. The molecule has 0 bridgehead atoms. The van der Waals surface area contributed by atoms with Crippen LogP contribution in [0.2, 0.25) is 0 Å². The van der Waals surface area contributed by atoms with Crippen molar-refractivity contribution in [3.63, 3.8) is 0 Å². The minimum Gasteiger partial charge on any atom is -0.404 e. The van der Waals surface area contributed by atoms with E-state index in [0.29, 0.717) is 37.2 Å². The van der Waals surface area contributed by atoms with Crippen LogP contribution in [0.15, 0.2) is 76.1 Å². The largest absolute Gasteiger partial charge is 0.573 e. The molecule has 1 heterocycles. The molecule has 45 heavy (non-hydrogen) atoms. The lowest BCUT2D eigenvalue weighted by atomic mass is 9.82. The summed E-state index contributed by atoms with van der Waals surface area (Å²) >= 11 is 3.05. The fraction of sp³-hybridized carbons (Fsp3) is 0.355. The van der Waals surface area contributed by atoms with E-state index in [0.717, 1.165) is 54.3 Å². The van der Waals surface area contributed by atoms with Gasteiger partial charge in [-0.15, -0.1) is 13.2 Å². The van der Waals surface area contributed by atoms with Gasteiger partial charge in [-0.3, -0.25) is 0 Å². The molecule has 0 atom stereocenters. The van der Waals surface area contributed by atoms with Gasteiger partial charge in [0.1, 0.15) is 16.5 Å². The molecule has 0 unspecified atom stereocenters. The predicted octanol–water partition coefficient (Wildman–Crippen LogP) is 7.28. The Morgan fingerprint density at radius 3 is 2.29 bits per heavy atom. The van der Waals surface area contributed by atoms with Gasteiger partial charge in [0.25, 0.3) is 0 Å². The second-order valence-electron chi connectivity index (χ2n) is 11.0. The average molecular weight is 711 g/mol. The molecule has 1 aromatic heterocycles. The van der Waals surface area contributed by atoms with Crippen LogP contribution >= 0.6 is 15.9 Å². The van der Waals surface area contributed by atoms with Crippen molar-refractivity contribution in [1.29, 1.82) is 0 Å². The van der Waals surface area contributed by atoms with Crippen LogP contribution in [-0.2, 0) is 16.4 Å². The number of nitrogens with zero attached hydrogens (tertiary/aromatic N) is 2. The van der Waals surface area contributed by atoms with Crippen molar-refractivity contribution in [2.45, 2.75) is 43.4 Å². The maximum atomic E-state index is 13.2. The van der Waals surface area contributed by atoms with Gasteiger partial charge in [0.15, 0.2) is 5.75 Å². The molecule has 0 spiro atoms. The summed E-state index contributed by atoms with van der Waals surface area (Å²) in [6.07, 6.45) is -1.12. The Kier molecular flexibility index (Phi) is 10.4. The van der Waals surface area contributed by atoms with Crippen molar-refractivity contribution in [2.24, 2.45) is 11.8 Å². The molecule has 1 fully saturated rings. The molecule has 14 heteroatoms. The number of rotatable bonds is 12. The van der Waals surface area contributed by atoms with Gasteiger partial charge in [0.05, 0.1) is 5.52 Å². The van der Waals surface area contributed by atoms with Crippen molar-refractivity contribution in [2.75, 3.05) is 30.3 Å². The van der Waals surface area contributed by atoms with Gasteiger partial charge in [-0.25, -0.2) is 22.5 Å². The number of ether oxygens (including phenoxy) is 1. The standard InChI is InChI=1S/C31H32BrF4N5O3S/c32-23-11-14-28(27(17-23)44-31(34,35)36)45(42,43)39-19-22-7-5-21(6-8-22)18-38-30-40-26-4-2-1-3-25(26)29(41-30)37-16-15-20-9-12-24(33)13-10-20/h1-4,9-14,17,21-22,39H,5-8,15-16,18-19H2,(H2,37,38,40,41)/t21-,22-. The first kappa shape index (κ1) is 32.9. The van der Waals surface area contributed by atoms with E-state index in [2.05, 4.69) is 41.0 Å². The second kappa shape index (κ2) is 14.3. The molecule has 0 saturated heterocycles. The summed E-state index contributed by atoms with van der Waals surface area (Å²) in [4.78, 5) is 8.81. The fourth-order valence-corrected chi connectivity index (χ4v) is 6.92. The number of alkyl halides is 3. The number of halogens is 5. The smallest absolute Gasteiger partial charge is 0.404 e. The molecule has 1 aliphatic rings. The third kappa shape index (κ3) is 9.27. The Balaban J connectivity index is 1.13. The molecule has 8 nitrogen and oxygen atoms in total. The minimum absolute atomic E-state index is 0.0484. The van der Waals surface area contributed by atoms with Crippen LogP contribution in [-0.4, -0.2) is 44.4 Å². The molecule has 3 aromatic carbocycles. The van der Waals surface area contributed by atoms with E-state index in [1.807, 2.05) is 24.3 Å². The van der Waals surface area contributed by atoms with Crippen LogP contribution in [0.4, 0.5) is 29.3 Å². The van der Waals surface area contributed by atoms with Crippen LogP contribution < -0.4 is 20.1 Å². The highest BCUT2D eigenvalue weighted by Gasteiger charge is 2.34. The van der Waals surface area contributed by atoms with Crippen LogP contribution in [0.25, 0.3) is 10.9 Å². The molecule has 0 aliphatic heterocycles. The monoisotopic (exact) mass is 709 g/mol. The number of benzene rings is 3. The van der Waals surface area contributed by atoms with Crippen LogP contribution in [0.1, 0.15) is 31.2 Å². The zero-order valence-corrected chi connectivity index (χ0v) is 26.5. The van der Waals surface area contributed by atoms with Crippen LogP contribution in [0.3, 0.4) is 0 Å². The molecule has 1 aliphatic carbocycles. The van der Waals surface area contributed by atoms with Crippen molar-refractivity contribution < 1.29 is 30.7 Å². The van der Waals surface area contributed by atoms with E-state index in [1.165, 1.54) is 18.2 Å². The van der Waals surface area contributed by atoms with E-state index in [1.54, 1.807) is 12.1 Å². The molecular formula is C31H32BrF4N5O3S. The maximum absolute atomic E-state index is 13.2. The zero-order valence-electron chi connectivity index (χ0n) is 24.1. The number of hydrogen-bond acceptors (Lipinski definition) is 7. The Hall–Kier alpha value is -3.49. The first-order valence-electron chi connectivity index (χ1n) is 14.5. The highest BCUT2D eigenvalue weighted by atomic mass is 79.9. The number of para-hydroxylation sites is 1. The molecule has 4 aromatic rings. The van der Waals surface area contributed by atoms with E-state index >= 15 is 0 Å². The topological polar surface area (TPSA) is 105 Å². The fourth-order valence-electron chi connectivity index (χ4n) is 5.36. The van der Waals surface area contributed by atoms with Crippen molar-refractivity contribution in [3.05, 3.63) is 82.6 Å². The van der Waals surface area contributed by atoms with Gasteiger partial charge in [-0.2, -0.15) is 4.98 Å². The molecular weight excluding hydrogens is 678 g/mol. The molecule has 1 saturated carbocycles. The van der Waals surface area contributed by atoms with Gasteiger partial charge < -0.3 is 15.4 Å². The number of aromatic nitrogens is 2. The lowest BCUT2D eigenvalue weighted by molar-refractivity contribution is -0.275. The van der Waals surface area contributed by atoms with Gasteiger partial charge in [0.2, 0.25) is 16.0 Å².